The average molecular weight is 332 g/mol. The van der Waals surface area contributed by atoms with Crippen LogP contribution in [0.15, 0.2) is 24.3 Å². The van der Waals surface area contributed by atoms with Crippen LogP contribution in [-0.4, -0.2) is 28.4 Å². The molecule has 0 fully saturated rings. The molecule has 1 aromatic carbocycles. The molecule has 6 heteroatoms. The summed E-state index contributed by atoms with van der Waals surface area (Å²) in [6, 6.07) is 8.33. The van der Waals surface area contributed by atoms with Gasteiger partial charge >= 0.3 is 0 Å². The van der Waals surface area contributed by atoms with E-state index in [9.17, 15) is 9.90 Å². The summed E-state index contributed by atoms with van der Waals surface area (Å²) >= 11 is 1.33. The van der Waals surface area contributed by atoms with Gasteiger partial charge in [0.25, 0.3) is 0 Å². The Morgan fingerprint density at radius 3 is 2.65 bits per heavy atom. The Hall–Kier alpha value is -1.95. The van der Waals surface area contributed by atoms with E-state index in [1.54, 1.807) is 0 Å². The van der Waals surface area contributed by atoms with Crippen LogP contribution < -0.4 is 10.0 Å². The van der Waals surface area contributed by atoms with Crippen molar-refractivity contribution in [3.05, 3.63) is 41.2 Å². The van der Waals surface area contributed by atoms with Gasteiger partial charge in [-0.2, -0.15) is 4.37 Å². The predicted octanol–water partition coefficient (Wildman–Crippen LogP) is 2.18. The second-order valence-electron chi connectivity index (χ2n) is 5.62. The van der Waals surface area contributed by atoms with Crippen molar-refractivity contribution in [3.8, 4) is 0 Å². The number of benzene rings is 1. The molecule has 0 unspecified atom stereocenters. The molecule has 0 saturated heterocycles. The third-order valence-electron chi connectivity index (χ3n) is 3.58. The molecule has 0 atom stereocenters. The number of aryl methyl sites for hydroxylation is 1. The summed E-state index contributed by atoms with van der Waals surface area (Å²) in [4.78, 5) is 17.3. The van der Waals surface area contributed by atoms with Crippen LogP contribution >= 0.6 is 11.5 Å². The number of aliphatic carboxylic acids is 1. The molecular weight excluding hydrogens is 310 g/mol. The number of hydrogen-bond acceptors (Lipinski definition) is 6. The monoisotopic (exact) mass is 332 g/mol. The summed E-state index contributed by atoms with van der Waals surface area (Å²) < 4.78 is 4.42. The number of anilines is 1. The molecule has 1 aromatic heterocycles. The molecule has 0 aliphatic carbocycles. The van der Waals surface area contributed by atoms with Crippen molar-refractivity contribution in [1.29, 1.82) is 0 Å². The normalized spacial score (nSPS) is 10.7. The van der Waals surface area contributed by atoms with Gasteiger partial charge in [-0.1, -0.05) is 43.2 Å². The molecule has 0 bridgehead atoms. The van der Waals surface area contributed by atoms with Crippen LogP contribution in [0.1, 0.15) is 43.1 Å². The maximum atomic E-state index is 10.7. The molecule has 0 aliphatic rings. The van der Waals surface area contributed by atoms with Gasteiger partial charge in [0.1, 0.15) is 5.82 Å². The van der Waals surface area contributed by atoms with Gasteiger partial charge in [0.2, 0.25) is 5.13 Å². The fourth-order valence-corrected chi connectivity index (χ4v) is 2.95. The molecule has 2 aromatic rings. The molecule has 2 rings (SSSR count). The van der Waals surface area contributed by atoms with Crippen LogP contribution in [0.25, 0.3) is 0 Å². The van der Waals surface area contributed by atoms with Crippen molar-refractivity contribution in [1.82, 2.24) is 9.36 Å². The van der Waals surface area contributed by atoms with E-state index in [0.717, 1.165) is 30.3 Å². The topological polar surface area (TPSA) is 69.2 Å². The van der Waals surface area contributed by atoms with Gasteiger partial charge in [0.05, 0.1) is 0 Å². The molecular formula is C17H22N3O2S-. The lowest BCUT2D eigenvalue weighted by Crippen LogP contribution is -2.31. The molecule has 124 valence electrons. The van der Waals surface area contributed by atoms with E-state index < -0.39 is 5.97 Å². The Labute approximate surface area is 141 Å². The molecule has 0 aliphatic heterocycles. The lowest BCUT2D eigenvalue weighted by Gasteiger charge is -2.21. The Bertz CT molecular complexity index is 625. The SMILES string of the molecule is CCCCN(CCC(=O)[O-])c1nc(Cc2ccc(C)cc2)ns1. The summed E-state index contributed by atoms with van der Waals surface area (Å²) in [6.07, 6.45) is 2.76. The first-order valence-electron chi connectivity index (χ1n) is 7.91. The molecule has 23 heavy (non-hydrogen) atoms. The van der Waals surface area contributed by atoms with Crippen molar-refractivity contribution in [3.63, 3.8) is 0 Å². The fourth-order valence-electron chi connectivity index (χ4n) is 2.21. The number of rotatable bonds is 9. The van der Waals surface area contributed by atoms with Crippen LogP contribution in [0, 0.1) is 6.92 Å². The van der Waals surface area contributed by atoms with Crippen LogP contribution in [-0.2, 0) is 11.2 Å². The summed E-state index contributed by atoms with van der Waals surface area (Å²) in [5.74, 6) is -0.250. The van der Waals surface area contributed by atoms with Crippen molar-refractivity contribution in [2.75, 3.05) is 18.0 Å². The summed E-state index contributed by atoms with van der Waals surface area (Å²) in [5.41, 5.74) is 2.41. The smallest absolute Gasteiger partial charge is 0.205 e. The number of carbonyl (C=O) groups is 1. The number of carbonyl (C=O) groups excluding carboxylic acids is 1. The molecule has 0 N–H and O–H groups in total. The first-order chi connectivity index (χ1) is 11.1. The molecule has 0 saturated carbocycles. The van der Waals surface area contributed by atoms with Crippen LogP contribution in [0.5, 0.6) is 0 Å². The number of carboxylic acid groups (broad SMARTS) is 1. The van der Waals surface area contributed by atoms with Crippen LogP contribution in [0.2, 0.25) is 0 Å². The van der Waals surface area contributed by atoms with E-state index in [1.165, 1.54) is 22.7 Å². The molecule has 1 heterocycles. The summed E-state index contributed by atoms with van der Waals surface area (Å²) in [6.45, 7) is 5.39. The highest BCUT2D eigenvalue weighted by Gasteiger charge is 2.12. The molecule has 0 radical (unpaired) electrons. The van der Waals surface area contributed by atoms with Gasteiger partial charge in [-0.3, -0.25) is 0 Å². The third-order valence-corrected chi connectivity index (χ3v) is 4.39. The van der Waals surface area contributed by atoms with Crippen molar-refractivity contribution >= 4 is 22.6 Å². The van der Waals surface area contributed by atoms with E-state index in [2.05, 4.69) is 47.5 Å². The highest BCUT2D eigenvalue weighted by atomic mass is 32.1. The number of hydrogen-bond donors (Lipinski definition) is 0. The fraction of sp³-hybridized carbons (Fsp3) is 0.471. The number of aromatic nitrogens is 2. The standard InChI is InChI=1S/C17H23N3O2S/c1-3-4-10-20(11-9-16(21)22)17-18-15(19-23-17)12-14-7-5-13(2)6-8-14/h5-8H,3-4,9-12H2,1-2H3,(H,21,22)/p-1. The zero-order chi connectivity index (χ0) is 16.7. The Balaban J connectivity index is 2.03. The third kappa shape index (κ3) is 5.63. The van der Waals surface area contributed by atoms with E-state index in [0.29, 0.717) is 13.0 Å². The quantitative estimate of drug-likeness (QED) is 0.704. The zero-order valence-corrected chi connectivity index (χ0v) is 14.4. The van der Waals surface area contributed by atoms with Crippen LogP contribution in [0.3, 0.4) is 0 Å². The molecule has 5 nitrogen and oxygen atoms in total. The van der Waals surface area contributed by atoms with E-state index in [-0.39, 0.29) is 6.42 Å². The molecule has 0 spiro atoms. The van der Waals surface area contributed by atoms with Crippen molar-refractivity contribution in [2.45, 2.75) is 39.5 Å². The average Bonchev–Trinajstić information content (AvgIpc) is 2.98. The maximum Gasteiger partial charge on any atom is 0.205 e. The number of unbranched alkanes of at least 4 members (excludes halogenated alkanes) is 1. The number of nitrogens with zero attached hydrogens (tertiary/aromatic N) is 3. The highest BCUT2D eigenvalue weighted by molar-refractivity contribution is 7.09. The van der Waals surface area contributed by atoms with Crippen LogP contribution in [0.4, 0.5) is 5.13 Å². The van der Waals surface area contributed by atoms with Crippen molar-refractivity contribution < 1.29 is 9.90 Å². The van der Waals surface area contributed by atoms with Crippen molar-refractivity contribution in [2.24, 2.45) is 0 Å². The maximum absolute atomic E-state index is 10.7. The largest absolute Gasteiger partial charge is 0.550 e. The lowest BCUT2D eigenvalue weighted by molar-refractivity contribution is -0.305. The van der Waals surface area contributed by atoms with E-state index in [1.807, 2.05) is 4.90 Å². The van der Waals surface area contributed by atoms with Gasteiger partial charge in [0.15, 0.2) is 0 Å². The van der Waals surface area contributed by atoms with Gasteiger partial charge in [-0.25, -0.2) is 4.98 Å². The van der Waals surface area contributed by atoms with Gasteiger partial charge in [-0.15, -0.1) is 0 Å². The van der Waals surface area contributed by atoms with Gasteiger partial charge in [0, 0.05) is 43.4 Å². The Morgan fingerprint density at radius 2 is 2.00 bits per heavy atom. The Morgan fingerprint density at radius 1 is 1.26 bits per heavy atom. The first-order valence-corrected chi connectivity index (χ1v) is 8.68. The minimum atomic E-state index is -1.03. The minimum absolute atomic E-state index is 0.0105. The molecule has 0 amide bonds. The highest BCUT2D eigenvalue weighted by Crippen LogP contribution is 2.20. The van der Waals surface area contributed by atoms with Gasteiger partial charge in [-0.05, 0) is 18.9 Å². The second kappa shape index (κ2) is 8.62. The summed E-state index contributed by atoms with van der Waals surface area (Å²) in [5, 5.41) is 11.5. The zero-order valence-electron chi connectivity index (χ0n) is 13.6. The first kappa shape index (κ1) is 17.4. The minimum Gasteiger partial charge on any atom is -0.550 e. The van der Waals surface area contributed by atoms with E-state index >= 15 is 0 Å². The van der Waals surface area contributed by atoms with E-state index in [4.69, 9.17) is 0 Å². The number of carboxylic acids is 1. The van der Waals surface area contributed by atoms with Gasteiger partial charge < -0.3 is 14.8 Å². The predicted molar refractivity (Wildman–Crippen MR) is 90.6 cm³/mol. The Kier molecular flexibility index (Phi) is 6.52. The second-order valence-corrected chi connectivity index (χ2v) is 6.35. The lowest BCUT2D eigenvalue weighted by atomic mass is 10.1. The summed E-state index contributed by atoms with van der Waals surface area (Å²) in [7, 11) is 0.